The van der Waals surface area contributed by atoms with Gasteiger partial charge in [-0.3, -0.25) is 9.69 Å². The van der Waals surface area contributed by atoms with Crippen molar-refractivity contribution in [3.05, 3.63) is 81.8 Å². The van der Waals surface area contributed by atoms with E-state index in [4.69, 9.17) is 26.8 Å². The molecule has 0 aliphatic carbocycles. The van der Waals surface area contributed by atoms with E-state index in [9.17, 15) is 19.6 Å². The molecule has 0 saturated carbocycles. The highest BCUT2D eigenvalue weighted by atomic mass is 35.5. The van der Waals surface area contributed by atoms with Crippen molar-refractivity contribution in [3.8, 4) is 6.07 Å². The Morgan fingerprint density at radius 2 is 1.74 bits per heavy atom. The number of nitrogens with zero attached hydrogens (tertiary/aromatic N) is 2. The maximum absolute atomic E-state index is 13.1. The lowest BCUT2D eigenvalue weighted by Crippen LogP contribution is -2.41. The summed E-state index contributed by atoms with van der Waals surface area (Å²) in [7, 11) is 2.30. The minimum Gasteiger partial charge on any atom is -0.466 e. The first-order valence-electron chi connectivity index (χ1n) is 9.97. The fraction of sp³-hybridized carbons (Fsp3) is 0.167. The number of carbonyl (C=O) groups is 3. The van der Waals surface area contributed by atoms with Crippen molar-refractivity contribution in [1.82, 2.24) is 0 Å². The second kappa shape index (κ2) is 10.1. The van der Waals surface area contributed by atoms with Gasteiger partial charge in [0.2, 0.25) is 5.91 Å². The van der Waals surface area contributed by atoms with E-state index in [0.29, 0.717) is 5.56 Å². The van der Waals surface area contributed by atoms with Crippen LogP contribution in [0.1, 0.15) is 18.4 Å². The van der Waals surface area contributed by atoms with Crippen molar-refractivity contribution in [3.63, 3.8) is 0 Å². The molecule has 3 N–H and O–H groups in total. The molecule has 0 spiro atoms. The summed E-state index contributed by atoms with van der Waals surface area (Å²) in [5.41, 5.74) is 6.96. The van der Waals surface area contributed by atoms with Gasteiger partial charge in [-0.05, 0) is 23.8 Å². The second-order valence-corrected chi connectivity index (χ2v) is 7.61. The van der Waals surface area contributed by atoms with Gasteiger partial charge in [-0.25, -0.2) is 9.59 Å². The molecule has 0 saturated heterocycles. The predicted octanol–water partition coefficient (Wildman–Crippen LogP) is 3.20. The molecule has 174 valence electrons. The zero-order valence-corrected chi connectivity index (χ0v) is 19.3. The van der Waals surface area contributed by atoms with E-state index in [-0.39, 0.29) is 39.1 Å². The van der Waals surface area contributed by atoms with Gasteiger partial charge in [0.25, 0.3) is 0 Å². The molecule has 1 aliphatic rings. The summed E-state index contributed by atoms with van der Waals surface area (Å²) in [5, 5.41) is 13.0. The number of ether oxygens (including phenoxy) is 2. The second-order valence-electron chi connectivity index (χ2n) is 7.18. The van der Waals surface area contributed by atoms with Gasteiger partial charge in [-0.15, -0.1) is 0 Å². The summed E-state index contributed by atoms with van der Waals surface area (Å²) in [5.74, 6) is -3.31. The fourth-order valence-corrected chi connectivity index (χ4v) is 3.92. The molecule has 9 nitrogen and oxygen atoms in total. The minimum absolute atomic E-state index is 0.00648. The summed E-state index contributed by atoms with van der Waals surface area (Å²) in [6.45, 7) is 1.30. The first-order chi connectivity index (χ1) is 16.2. The number of nitrogens with one attached hydrogen (secondary N) is 1. The number of benzene rings is 2. The third kappa shape index (κ3) is 4.44. The number of anilines is 2. The number of esters is 2. The number of halogens is 1. The molecule has 10 heteroatoms. The van der Waals surface area contributed by atoms with E-state index in [1.54, 1.807) is 30.3 Å². The van der Waals surface area contributed by atoms with Crippen LogP contribution in [0.25, 0.3) is 0 Å². The number of methoxy groups -OCH3 is 2. The fourth-order valence-electron chi connectivity index (χ4n) is 3.75. The molecule has 1 heterocycles. The lowest BCUT2D eigenvalue weighted by Gasteiger charge is -2.36. The minimum atomic E-state index is -1.01. The largest absolute Gasteiger partial charge is 0.466 e. The highest BCUT2D eigenvalue weighted by molar-refractivity contribution is 6.31. The number of amides is 1. The van der Waals surface area contributed by atoms with Gasteiger partial charge in [-0.1, -0.05) is 41.9 Å². The molecule has 34 heavy (non-hydrogen) atoms. The monoisotopic (exact) mass is 480 g/mol. The SMILES string of the molecule is COC(=O)C1=C(C(=O)OC)N(c2cc(Cl)ccc2NC(C)=O)C(N)=C(C#N)C1c1ccccc1. The molecular weight excluding hydrogens is 460 g/mol. The maximum atomic E-state index is 13.1. The average molecular weight is 481 g/mol. The van der Waals surface area contributed by atoms with Crippen LogP contribution in [-0.4, -0.2) is 32.1 Å². The molecule has 0 bridgehead atoms. The van der Waals surface area contributed by atoms with Crippen molar-refractivity contribution < 1.29 is 23.9 Å². The molecule has 1 atom stereocenters. The van der Waals surface area contributed by atoms with Crippen molar-refractivity contribution in [2.75, 3.05) is 24.4 Å². The third-order valence-electron chi connectivity index (χ3n) is 5.12. The molecular formula is C24H21ClN4O5. The summed E-state index contributed by atoms with van der Waals surface area (Å²) in [6.07, 6.45) is 0. The summed E-state index contributed by atoms with van der Waals surface area (Å²) in [4.78, 5) is 39.2. The number of rotatable bonds is 5. The average Bonchev–Trinajstić information content (AvgIpc) is 2.83. The molecule has 0 radical (unpaired) electrons. The van der Waals surface area contributed by atoms with E-state index in [2.05, 4.69) is 11.4 Å². The highest BCUT2D eigenvalue weighted by Gasteiger charge is 2.43. The molecule has 1 unspecified atom stereocenters. The van der Waals surface area contributed by atoms with Gasteiger partial charge in [0.15, 0.2) is 0 Å². The van der Waals surface area contributed by atoms with Crippen LogP contribution >= 0.6 is 11.6 Å². The molecule has 0 fully saturated rings. The van der Waals surface area contributed by atoms with E-state index in [1.807, 2.05) is 0 Å². The van der Waals surface area contributed by atoms with Crippen molar-refractivity contribution in [1.29, 1.82) is 5.26 Å². The van der Waals surface area contributed by atoms with Crippen LogP contribution in [0.3, 0.4) is 0 Å². The quantitative estimate of drug-likeness (QED) is 0.623. The van der Waals surface area contributed by atoms with Crippen molar-refractivity contribution in [2.24, 2.45) is 5.73 Å². The Balaban J connectivity index is 2.46. The van der Waals surface area contributed by atoms with Gasteiger partial charge < -0.3 is 20.5 Å². The van der Waals surface area contributed by atoms with E-state index >= 15 is 0 Å². The topological polar surface area (TPSA) is 135 Å². The number of nitrogens with two attached hydrogens (primary N) is 1. The predicted molar refractivity (Wildman–Crippen MR) is 125 cm³/mol. The van der Waals surface area contributed by atoms with Crippen LogP contribution < -0.4 is 16.0 Å². The summed E-state index contributed by atoms with van der Waals surface area (Å²) < 4.78 is 9.99. The Labute approximate surface area is 201 Å². The normalized spacial score (nSPS) is 15.5. The Kier molecular flexibility index (Phi) is 7.24. The Hall–Kier alpha value is -4.29. The molecule has 1 aliphatic heterocycles. The van der Waals surface area contributed by atoms with Crippen LogP contribution in [0.2, 0.25) is 5.02 Å². The standard InChI is InChI=1S/C24H21ClN4O5/c1-13(30)28-17-10-9-15(25)11-18(17)29-21(24(32)34-3)20(23(31)33-2)19(16(12-26)22(29)27)14-7-5-4-6-8-14/h4-11,19H,27H2,1-3H3,(H,28,30). The van der Waals surface area contributed by atoms with Crippen molar-refractivity contribution in [2.45, 2.75) is 12.8 Å². The first-order valence-corrected chi connectivity index (χ1v) is 10.4. The molecule has 0 aromatic heterocycles. The summed E-state index contributed by atoms with van der Waals surface area (Å²) in [6, 6.07) is 15.2. The smallest absolute Gasteiger partial charge is 0.355 e. The zero-order chi connectivity index (χ0) is 25.0. The van der Waals surface area contributed by atoms with Crippen LogP contribution in [0.15, 0.2) is 71.2 Å². The third-order valence-corrected chi connectivity index (χ3v) is 5.36. The highest BCUT2D eigenvalue weighted by Crippen LogP contribution is 2.45. The Morgan fingerprint density at radius 1 is 1.09 bits per heavy atom. The Bertz CT molecular complexity index is 1260. The van der Waals surface area contributed by atoms with Gasteiger partial charge in [0.05, 0.1) is 48.7 Å². The molecule has 1 amide bonds. The van der Waals surface area contributed by atoms with Gasteiger partial charge >= 0.3 is 11.9 Å². The van der Waals surface area contributed by atoms with E-state index in [1.165, 1.54) is 30.0 Å². The van der Waals surface area contributed by atoms with Gasteiger partial charge in [0, 0.05) is 11.9 Å². The number of hydrogen-bond acceptors (Lipinski definition) is 8. The van der Waals surface area contributed by atoms with E-state index in [0.717, 1.165) is 14.2 Å². The van der Waals surface area contributed by atoms with Gasteiger partial charge in [0.1, 0.15) is 11.5 Å². The number of nitriles is 1. The lowest BCUT2D eigenvalue weighted by molar-refractivity contribution is -0.139. The molecule has 2 aromatic rings. The molecule has 2 aromatic carbocycles. The number of hydrogen-bond donors (Lipinski definition) is 2. The van der Waals surface area contributed by atoms with Crippen LogP contribution in [0, 0.1) is 11.3 Å². The lowest BCUT2D eigenvalue weighted by atomic mass is 9.81. The Morgan fingerprint density at radius 3 is 2.29 bits per heavy atom. The maximum Gasteiger partial charge on any atom is 0.355 e. The number of allylic oxidation sites excluding steroid dienone is 1. The first kappa shape index (κ1) is 24.4. The molecule has 3 rings (SSSR count). The van der Waals surface area contributed by atoms with Gasteiger partial charge in [-0.2, -0.15) is 5.26 Å². The zero-order valence-electron chi connectivity index (χ0n) is 18.6. The van der Waals surface area contributed by atoms with Crippen molar-refractivity contribution >= 4 is 40.8 Å². The van der Waals surface area contributed by atoms with E-state index < -0.39 is 23.8 Å². The number of carbonyl (C=O) groups excluding carboxylic acids is 3. The van der Waals surface area contributed by atoms with Crippen LogP contribution in [-0.2, 0) is 23.9 Å². The summed E-state index contributed by atoms with van der Waals surface area (Å²) >= 11 is 6.22. The van der Waals surface area contributed by atoms with Crippen LogP contribution in [0.5, 0.6) is 0 Å². The van der Waals surface area contributed by atoms with Crippen LogP contribution in [0.4, 0.5) is 11.4 Å².